The lowest BCUT2D eigenvalue weighted by atomic mass is 10.2. The Hall–Kier alpha value is -1.45. The van der Waals surface area contributed by atoms with Crippen molar-refractivity contribution in [3.8, 4) is 6.07 Å². The molecule has 0 bridgehead atoms. The van der Waals surface area contributed by atoms with Crippen LogP contribution in [-0.2, 0) is 15.6 Å². The molecule has 1 atom stereocenters. The highest BCUT2D eigenvalue weighted by Crippen LogP contribution is 2.12. The molecule has 2 N–H and O–H groups in total. The van der Waals surface area contributed by atoms with E-state index in [4.69, 9.17) is 11.0 Å². The molecule has 0 aromatic carbocycles. The molecule has 0 saturated heterocycles. The van der Waals surface area contributed by atoms with E-state index in [1.165, 1.54) is 6.20 Å². The molecule has 0 aliphatic rings. The van der Waals surface area contributed by atoms with Gasteiger partial charge in [0.05, 0.1) is 11.5 Å². The van der Waals surface area contributed by atoms with Gasteiger partial charge in [-0.1, -0.05) is 13.0 Å². The van der Waals surface area contributed by atoms with Crippen LogP contribution in [0.1, 0.15) is 18.2 Å². The second-order valence-corrected chi connectivity index (χ2v) is 6.13. The Morgan fingerprint density at radius 1 is 1.59 bits per heavy atom. The standard InChI is InChI=1S/C11H15N3O2S/c1-9(5-12)7-17(15,16)8-10-3-2-4-14-11(10)6-13/h2-4,9H,5,7-8,12H2,1H3. The number of pyridine rings is 1. The molecule has 0 spiro atoms. The maximum Gasteiger partial charge on any atom is 0.154 e. The van der Waals surface area contributed by atoms with Gasteiger partial charge in [0.25, 0.3) is 0 Å². The summed E-state index contributed by atoms with van der Waals surface area (Å²) in [5.41, 5.74) is 6.01. The van der Waals surface area contributed by atoms with Gasteiger partial charge in [0, 0.05) is 11.8 Å². The molecule has 0 radical (unpaired) electrons. The number of hydrogen-bond donors (Lipinski definition) is 1. The largest absolute Gasteiger partial charge is 0.330 e. The summed E-state index contributed by atoms with van der Waals surface area (Å²) in [6, 6.07) is 5.12. The molecule has 0 aliphatic heterocycles. The van der Waals surface area contributed by atoms with Gasteiger partial charge in [-0.2, -0.15) is 5.26 Å². The van der Waals surface area contributed by atoms with E-state index < -0.39 is 9.84 Å². The van der Waals surface area contributed by atoms with Crippen molar-refractivity contribution in [2.75, 3.05) is 12.3 Å². The number of nitrogens with two attached hydrogens (primary N) is 1. The summed E-state index contributed by atoms with van der Waals surface area (Å²) in [4.78, 5) is 3.83. The molecular formula is C11H15N3O2S. The minimum Gasteiger partial charge on any atom is -0.330 e. The monoisotopic (exact) mass is 253 g/mol. The summed E-state index contributed by atoms with van der Waals surface area (Å²) in [5, 5.41) is 8.82. The van der Waals surface area contributed by atoms with Crippen molar-refractivity contribution in [1.29, 1.82) is 5.26 Å². The lowest BCUT2D eigenvalue weighted by Crippen LogP contribution is -2.22. The smallest absolute Gasteiger partial charge is 0.154 e. The van der Waals surface area contributed by atoms with Crippen LogP contribution in [0.15, 0.2) is 18.3 Å². The normalized spacial score (nSPS) is 13.0. The van der Waals surface area contributed by atoms with Gasteiger partial charge in [0.2, 0.25) is 0 Å². The fourth-order valence-corrected chi connectivity index (χ4v) is 3.28. The molecule has 0 amide bonds. The van der Waals surface area contributed by atoms with E-state index >= 15 is 0 Å². The van der Waals surface area contributed by atoms with Crippen LogP contribution < -0.4 is 5.73 Å². The van der Waals surface area contributed by atoms with E-state index in [0.717, 1.165) is 0 Å². The van der Waals surface area contributed by atoms with E-state index in [1.807, 2.05) is 6.07 Å². The number of aromatic nitrogens is 1. The molecule has 0 saturated carbocycles. The summed E-state index contributed by atoms with van der Waals surface area (Å²) < 4.78 is 23.7. The predicted octanol–water partition coefficient (Wildman–Crippen LogP) is 0.463. The topological polar surface area (TPSA) is 96.8 Å². The highest BCUT2D eigenvalue weighted by atomic mass is 32.2. The summed E-state index contributed by atoms with van der Waals surface area (Å²) in [5.74, 6) is -0.209. The second-order valence-electron chi connectivity index (χ2n) is 4.02. The number of sulfone groups is 1. The van der Waals surface area contributed by atoms with Gasteiger partial charge >= 0.3 is 0 Å². The van der Waals surface area contributed by atoms with Crippen LogP contribution in [0.4, 0.5) is 0 Å². The molecule has 17 heavy (non-hydrogen) atoms. The first-order valence-electron chi connectivity index (χ1n) is 5.23. The van der Waals surface area contributed by atoms with E-state index in [1.54, 1.807) is 19.1 Å². The number of nitrogens with zero attached hydrogens (tertiary/aromatic N) is 2. The summed E-state index contributed by atoms with van der Waals surface area (Å²) in [6.07, 6.45) is 1.47. The first-order chi connectivity index (χ1) is 7.98. The van der Waals surface area contributed by atoms with Crippen molar-refractivity contribution in [2.45, 2.75) is 12.7 Å². The molecule has 1 heterocycles. The Bertz CT molecular complexity index is 520. The van der Waals surface area contributed by atoms with Crippen molar-refractivity contribution in [1.82, 2.24) is 4.98 Å². The molecule has 0 fully saturated rings. The van der Waals surface area contributed by atoms with Crippen molar-refractivity contribution < 1.29 is 8.42 Å². The maximum absolute atomic E-state index is 11.8. The Kier molecular flexibility index (Phi) is 4.61. The van der Waals surface area contributed by atoms with Crippen molar-refractivity contribution in [2.24, 2.45) is 11.7 Å². The number of hydrogen-bond acceptors (Lipinski definition) is 5. The predicted molar refractivity (Wildman–Crippen MR) is 64.7 cm³/mol. The van der Waals surface area contributed by atoms with Gasteiger partial charge in [-0.25, -0.2) is 13.4 Å². The Morgan fingerprint density at radius 3 is 2.88 bits per heavy atom. The minimum absolute atomic E-state index is 0.0310. The summed E-state index contributed by atoms with van der Waals surface area (Å²) >= 11 is 0. The first-order valence-corrected chi connectivity index (χ1v) is 7.05. The van der Waals surface area contributed by atoms with E-state index in [-0.39, 0.29) is 23.1 Å². The zero-order valence-corrected chi connectivity index (χ0v) is 10.4. The fourth-order valence-electron chi connectivity index (χ4n) is 1.45. The average molecular weight is 253 g/mol. The SMILES string of the molecule is CC(CN)CS(=O)(=O)Cc1cccnc1C#N. The van der Waals surface area contributed by atoms with Gasteiger partial charge < -0.3 is 5.73 Å². The van der Waals surface area contributed by atoms with Crippen molar-refractivity contribution >= 4 is 9.84 Å². The van der Waals surface area contributed by atoms with Crippen LogP contribution in [0.25, 0.3) is 0 Å². The Balaban J connectivity index is 2.88. The molecule has 1 aromatic heterocycles. The summed E-state index contributed by atoms with van der Waals surface area (Å²) in [6.45, 7) is 2.11. The van der Waals surface area contributed by atoms with Crippen molar-refractivity contribution in [3.63, 3.8) is 0 Å². The fraction of sp³-hybridized carbons (Fsp3) is 0.455. The molecule has 92 valence electrons. The molecular weight excluding hydrogens is 238 g/mol. The van der Waals surface area contributed by atoms with Crippen molar-refractivity contribution in [3.05, 3.63) is 29.6 Å². The van der Waals surface area contributed by atoms with Crippen LogP contribution in [0.3, 0.4) is 0 Å². The van der Waals surface area contributed by atoms with Crippen LogP contribution in [-0.4, -0.2) is 25.7 Å². The highest BCUT2D eigenvalue weighted by molar-refractivity contribution is 7.90. The Morgan fingerprint density at radius 2 is 2.29 bits per heavy atom. The maximum atomic E-state index is 11.8. The molecule has 1 aromatic rings. The number of nitriles is 1. The summed E-state index contributed by atoms with van der Waals surface area (Å²) in [7, 11) is -3.25. The average Bonchev–Trinajstić information content (AvgIpc) is 2.28. The van der Waals surface area contributed by atoms with Crippen LogP contribution >= 0.6 is 0 Å². The quantitative estimate of drug-likeness (QED) is 0.822. The second kappa shape index (κ2) is 5.75. The zero-order valence-electron chi connectivity index (χ0n) is 9.63. The molecule has 5 nitrogen and oxygen atoms in total. The zero-order chi connectivity index (χ0) is 12.9. The Labute approximate surface area is 101 Å². The van der Waals surface area contributed by atoms with E-state index in [2.05, 4.69) is 4.98 Å². The van der Waals surface area contributed by atoms with Gasteiger partial charge in [-0.3, -0.25) is 0 Å². The van der Waals surface area contributed by atoms with E-state index in [0.29, 0.717) is 12.1 Å². The minimum atomic E-state index is -3.25. The molecule has 1 rings (SSSR count). The van der Waals surface area contributed by atoms with Crippen LogP contribution in [0.2, 0.25) is 0 Å². The van der Waals surface area contributed by atoms with Gasteiger partial charge in [0.15, 0.2) is 9.84 Å². The lowest BCUT2D eigenvalue weighted by molar-refractivity contribution is 0.573. The van der Waals surface area contributed by atoms with Crippen LogP contribution in [0, 0.1) is 17.2 Å². The third kappa shape index (κ3) is 4.13. The van der Waals surface area contributed by atoms with E-state index in [9.17, 15) is 8.42 Å². The molecule has 1 unspecified atom stereocenters. The third-order valence-corrected chi connectivity index (χ3v) is 4.14. The van der Waals surface area contributed by atoms with Crippen LogP contribution in [0.5, 0.6) is 0 Å². The lowest BCUT2D eigenvalue weighted by Gasteiger charge is -2.09. The highest BCUT2D eigenvalue weighted by Gasteiger charge is 2.17. The van der Waals surface area contributed by atoms with Gasteiger partial charge in [-0.05, 0) is 18.5 Å². The first kappa shape index (κ1) is 13.6. The van der Waals surface area contributed by atoms with Gasteiger partial charge in [0.1, 0.15) is 11.8 Å². The number of rotatable bonds is 5. The third-order valence-electron chi connectivity index (χ3n) is 2.31. The molecule has 6 heteroatoms. The van der Waals surface area contributed by atoms with Gasteiger partial charge in [-0.15, -0.1) is 0 Å². The molecule has 0 aliphatic carbocycles.